The van der Waals surface area contributed by atoms with Gasteiger partial charge in [-0.05, 0) is 42.7 Å². The summed E-state index contributed by atoms with van der Waals surface area (Å²) in [6.07, 6.45) is 0. The molecular weight excluding hydrogens is 316 g/mol. The van der Waals surface area contributed by atoms with E-state index in [1.165, 1.54) is 0 Å². The Morgan fingerprint density at radius 1 is 1.08 bits per heavy atom. The Morgan fingerprint density at radius 3 is 2.56 bits per heavy atom. The van der Waals surface area contributed by atoms with Crippen molar-refractivity contribution in [2.45, 2.75) is 20.8 Å². The fraction of sp³-hybridized carbons (Fsp3) is 0.300. The number of carbonyl (C=O) groups excluding carboxylic acids is 2. The van der Waals surface area contributed by atoms with E-state index in [0.717, 1.165) is 5.56 Å². The molecule has 25 heavy (non-hydrogen) atoms. The lowest BCUT2D eigenvalue weighted by Gasteiger charge is -2.11. The van der Waals surface area contributed by atoms with Gasteiger partial charge in [0.15, 0.2) is 6.61 Å². The fourth-order valence-corrected chi connectivity index (χ4v) is 2.20. The molecule has 0 unspecified atom stereocenters. The summed E-state index contributed by atoms with van der Waals surface area (Å²) in [7, 11) is 0. The number of carbonyl (C=O) groups is 2. The Morgan fingerprint density at radius 2 is 1.84 bits per heavy atom. The van der Waals surface area contributed by atoms with Gasteiger partial charge in [-0.2, -0.15) is 0 Å². The molecule has 5 nitrogen and oxygen atoms in total. The van der Waals surface area contributed by atoms with Gasteiger partial charge in [-0.25, -0.2) is 0 Å². The van der Waals surface area contributed by atoms with Crippen LogP contribution in [0.1, 0.15) is 29.8 Å². The van der Waals surface area contributed by atoms with E-state index in [9.17, 15) is 9.59 Å². The van der Waals surface area contributed by atoms with Crippen LogP contribution in [0.15, 0.2) is 48.5 Å². The smallest absolute Gasteiger partial charge is 0.262 e. The van der Waals surface area contributed by atoms with E-state index in [1.54, 1.807) is 24.3 Å². The zero-order valence-electron chi connectivity index (χ0n) is 14.8. The fourth-order valence-electron chi connectivity index (χ4n) is 2.20. The van der Waals surface area contributed by atoms with Crippen molar-refractivity contribution in [2.24, 2.45) is 5.92 Å². The summed E-state index contributed by atoms with van der Waals surface area (Å²) in [4.78, 5) is 24.1. The van der Waals surface area contributed by atoms with Crippen molar-refractivity contribution in [1.82, 2.24) is 5.32 Å². The molecule has 0 bridgehead atoms. The first-order valence-electron chi connectivity index (χ1n) is 8.32. The summed E-state index contributed by atoms with van der Waals surface area (Å²) in [5.41, 5.74) is 2.05. The molecule has 0 radical (unpaired) electrons. The molecule has 2 aromatic carbocycles. The third-order valence-corrected chi connectivity index (χ3v) is 3.53. The maximum Gasteiger partial charge on any atom is 0.262 e. The molecule has 0 aliphatic rings. The van der Waals surface area contributed by atoms with Crippen LogP contribution >= 0.6 is 0 Å². The molecule has 5 heteroatoms. The van der Waals surface area contributed by atoms with Gasteiger partial charge in [-0.1, -0.05) is 38.1 Å². The molecule has 2 rings (SSSR count). The van der Waals surface area contributed by atoms with Gasteiger partial charge in [-0.3, -0.25) is 9.59 Å². The number of anilines is 1. The third-order valence-electron chi connectivity index (χ3n) is 3.53. The van der Waals surface area contributed by atoms with Crippen molar-refractivity contribution < 1.29 is 14.3 Å². The second-order valence-corrected chi connectivity index (χ2v) is 6.29. The molecule has 2 N–H and O–H groups in total. The number of nitrogens with one attached hydrogen (secondary N) is 2. The third kappa shape index (κ3) is 5.95. The normalized spacial score (nSPS) is 10.4. The number of ether oxygens (including phenoxy) is 1. The van der Waals surface area contributed by atoms with Crippen LogP contribution in [0.3, 0.4) is 0 Å². The number of amides is 2. The highest BCUT2D eigenvalue weighted by Gasteiger charge is 2.09. The minimum Gasteiger partial charge on any atom is -0.483 e. The van der Waals surface area contributed by atoms with Gasteiger partial charge in [0.05, 0.1) is 0 Å². The second kappa shape index (κ2) is 8.87. The summed E-state index contributed by atoms with van der Waals surface area (Å²) in [6.45, 7) is 6.51. The van der Waals surface area contributed by atoms with Crippen LogP contribution in [0.5, 0.6) is 5.75 Å². The largest absolute Gasteiger partial charge is 0.483 e. The van der Waals surface area contributed by atoms with Crippen molar-refractivity contribution in [2.75, 3.05) is 18.5 Å². The number of hydrogen-bond acceptors (Lipinski definition) is 3. The van der Waals surface area contributed by atoms with Gasteiger partial charge in [0.1, 0.15) is 5.75 Å². The molecule has 0 atom stereocenters. The average molecular weight is 340 g/mol. The van der Waals surface area contributed by atoms with Gasteiger partial charge in [0, 0.05) is 17.8 Å². The van der Waals surface area contributed by atoms with Crippen LogP contribution in [0, 0.1) is 12.8 Å². The summed E-state index contributed by atoms with van der Waals surface area (Å²) >= 11 is 0. The summed E-state index contributed by atoms with van der Waals surface area (Å²) < 4.78 is 5.52. The van der Waals surface area contributed by atoms with Crippen LogP contribution in [0.25, 0.3) is 0 Å². The molecule has 0 spiro atoms. The SMILES string of the molecule is Cc1ccccc1OCC(=O)Nc1cccc(C(=O)NCC(C)C)c1. The predicted octanol–water partition coefficient (Wildman–Crippen LogP) is 3.40. The van der Waals surface area contributed by atoms with E-state index < -0.39 is 0 Å². The minimum atomic E-state index is -0.275. The Bertz CT molecular complexity index is 741. The zero-order chi connectivity index (χ0) is 18.2. The quantitative estimate of drug-likeness (QED) is 0.812. The first-order valence-corrected chi connectivity index (χ1v) is 8.32. The van der Waals surface area contributed by atoms with Gasteiger partial charge in [0.2, 0.25) is 0 Å². The van der Waals surface area contributed by atoms with Crippen molar-refractivity contribution in [1.29, 1.82) is 0 Å². The second-order valence-electron chi connectivity index (χ2n) is 6.29. The van der Waals surface area contributed by atoms with Gasteiger partial charge >= 0.3 is 0 Å². The lowest BCUT2D eigenvalue weighted by Crippen LogP contribution is -2.27. The predicted molar refractivity (Wildman–Crippen MR) is 98.9 cm³/mol. The van der Waals surface area contributed by atoms with E-state index in [-0.39, 0.29) is 18.4 Å². The first-order chi connectivity index (χ1) is 12.0. The number of para-hydroxylation sites is 1. The zero-order valence-corrected chi connectivity index (χ0v) is 14.8. The van der Waals surface area contributed by atoms with Crippen molar-refractivity contribution in [3.05, 3.63) is 59.7 Å². The molecule has 0 fully saturated rings. The molecule has 2 aromatic rings. The van der Waals surface area contributed by atoms with Gasteiger partial charge in [0.25, 0.3) is 11.8 Å². The summed E-state index contributed by atoms with van der Waals surface area (Å²) in [5.74, 6) is 0.633. The van der Waals surface area contributed by atoms with E-state index in [0.29, 0.717) is 29.5 Å². The van der Waals surface area contributed by atoms with Crippen LogP contribution in [0.4, 0.5) is 5.69 Å². The number of rotatable bonds is 7. The van der Waals surface area contributed by atoms with Crippen LogP contribution < -0.4 is 15.4 Å². The van der Waals surface area contributed by atoms with Crippen LogP contribution in [0.2, 0.25) is 0 Å². The van der Waals surface area contributed by atoms with E-state index in [1.807, 2.05) is 45.0 Å². The lowest BCUT2D eigenvalue weighted by atomic mass is 10.1. The van der Waals surface area contributed by atoms with E-state index in [2.05, 4.69) is 10.6 Å². The topological polar surface area (TPSA) is 67.4 Å². The lowest BCUT2D eigenvalue weighted by molar-refractivity contribution is -0.118. The van der Waals surface area contributed by atoms with Crippen LogP contribution in [-0.2, 0) is 4.79 Å². The Balaban J connectivity index is 1.91. The molecule has 0 aliphatic heterocycles. The van der Waals surface area contributed by atoms with Crippen molar-refractivity contribution in [3.8, 4) is 5.75 Å². The van der Waals surface area contributed by atoms with Gasteiger partial charge < -0.3 is 15.4 Å². The summed E-state index contributed by atoms with van der Waals surface area (Å²) in [5, 5.41) is 5.60. The molecule has 0 heterocycles. The Hall–Kier alpha value is -2.82. The Kier molecular flexibility index (Phi) is 6.57. The highest BCUT2D eigenvalue weighted by Crippen LogP contribution is 2.16. The first kappa shape index (κ1) is 18.5. The molecule has 0 aromatic heterocycles. The minimum absolute atomic E-state index is 0.0887. The summed E-state index contributed by atoms with van der Waals surface area (Å²) in [6, 6.07) is 14.4. The molecule has 0 saturated heterocycles. The number of benzene rings is 2. The number of aryl methyl sites for hydroxylation is 1. The highest BCUT2D eigenvalue weighted by molar-refractivity contribution is 5.97. The van der Waals surface area contributed by atoms with E-state index in [4.69, 9.17) is 4.74 Å². The van der Waals surface area contributed by atoms with Crippen LogP contribution in [-0.4, -0.2) is 25.0 Å². The monoisotopic (exact) mass is 340 g/mol. The van der Waals surface area contributed by atoms with Crippen molar-refractivity contribution >= 4 is 17.5 Å². The molecule has 132 valence electrons. The molecule has 0 aliphatic carbocycles. The maximum atomic E-state index is 12.1. The molecule has 0 saturated carbocycles. The highest BCUT2D eigenvalue weighted by atomic mass is 16.5. The maximum absolute atomic E-state index is 12.1. The molecular formula is C20H24N2O3. The van der Waals surface area contributed by atoms with Crippen molar-refractivity contribution in [3.63, 3.8) is 0 Å². The van der Waals surface area contributed by atoms with Gasteiger partial charge in [-0.15, -0.1) is 0 Å². The number of hydrogen-bond donors (Lipinski definition) is 2. The average Bonchev–Trinajstić information content (AvgIpc) is 2.59. The van der Waals surface area contributed by atoms with E-state index >= 15 is 0 Å². The Labute approximate surface area is 148 Å². The molecule has 2 amide bonds. The standard InChI is InChI=1S/C20H24N2O3/c1-14(2)12-21-20(24)16-8-6-9-17(11-16)22-19(23)13-25-18-10-5-4-7-15(18)3/h4-11,14H,12-13H2,1-3H3,(H,21,24)(H,22,23).